The second-order valence-electron chi connectivity index (χ2n) is 7.98. The normalized spacial score (nSPS) is 30.9. The monoisotopic (exact) mass is 239 g/mol. The molecule has 102 valence electrons. The van der Waals surface area contributed by atoms with Crippen LogP contribution < -0.4 is 5.32 Å². The van der Waals surface area contributed by atoms with Crippen molar-refractivity contribution in [3.63, 3.8) is 0 Å². The van der Waals surface area contributed by atoms with Crippen molar-refractivity contribution in [1.29, 1.82) is 0 Å². The zero-order chi connectivity index (χ0) is 13.1. The van der Waals surface area contributed by atoms with E-state index in [1.165, 1.54) is 32.2 Å². The highest BCUT2D eigenvalue weighted by molar-refractivity contribution is 4.87. The average molecular weight is 239 g/mol. The van der Waals surface area contributed by atoms with Gasteiger partial charge in [-0.3, -0.25) is 0 Å². The summed E-state index contributed by atoms with van der Waals surface area (Å²) in [5.74, 6) is 1.70. The molecule has 1 heteroatoms. The van der Waals surface area contributed by atoms with E-state index >= 15 is 0 Å². The zero-order valence-electron chi connectivity index (χ0n) is 12.9. The SMILES string of the molecule is CC(C)CNCC1(C)CCC(C(C)(C)C)CC1. The molecule has 1 fully saturated rings. The molecule has 1 rings (SSSR count). The largest absolute Gasteiger partial charge is 0.316 e. The van der Waals surface area contributed by atoms with Gasteiger partial charge in [-0.15, -0.1) is 0 Å². The summed E-state index contributed by atoms with van der Waals surface area (Å²) in [5.41, 5.74) is 1.06. The molecule has 1 saturated carbocycles. The van der Waals surface area contributed by atoms with Crippen molar-refractivity contribution in [2.75, 3.05) is 13.1 Å². The van der Waals surface area contributed by atoms with Crippen molar-refractivity contribution >= 4 is 0 Å². The van der Waals surface area contributed by atoms with Crippen LogP contribution >= 0.6 is 0 Å². The van der Waals surface area contributed by atoms with Crippen LogP contribution in [0.1, 0.15) is 67.2 Å². The quantitative estimate of drug-likeness (QED) is 0.763. The lowest BCUT2D eigenvalue weighted by molar-refractivity contribution is 0.0982. The van der Waals surface area contributed by atoms with Crippen molar-refractivity contribution in [1.82, 2.24) is 5.32 Å². The fourth-order valence-electron chi connectivity index (χ4n) is 3.02. The zero-order valence-corrected chi connectivity index (χ0v) is 12.9. The molecule has 0 aromatic carbocycles. The first-order chi connectivity index (χ1) is 7.73. The minimum Gasteiger partial charge on any atom is -0.316 e. The summed E-state index contributed by atoms with van der Waals surface area (Å²) in [6, 6.07) is 0. The highest BCUT2D eigenvalue weighted by Gasteiger charge is 2.35. The molecule has 0 aliphatic heterocycles. The summed E-state index contributed by atoms with van der Waals surface area (Å²) in [6.07, 6.45) is 5.65. The van der Waals surface area contributed by atoms with Gasteiger partial charge in [0.1, 0.15) is 0 Å². The number of hydrogen-bond donors (Lipinski definition) is 1. The molecule has 0 atom stereocenters. The van der Waals surface area contributed by atoms with E-state index in [-0.39, 0.29) is 0 Å². The number of nitrogens with one attached hydrogen (secondary N) is 1. The Morgan fingerprint density at radius 3 is 2.12 bits per heavy atom. The first-order valence-electron chi connectivity index (χ1n) is 7.44. The van der Waals surface area contributed by atoms with Gasteiger partial charge in [-0.2, -0.15) is 0 Å². The minimum atomic E-state index is 0.507. The van der Waals surface area contributed by atoms with Gasteiger partial charge in [0.15, 0.2) is 0 Å². The maximum absolute atomic E-state index is 3.65. The molecule has 0 unspecified atom stereocenters. The molecular formula is C16H33N. The Kier molecular flexibility index (Phi) is 5.07. The second-order valence-corrected chi connectivity index (χ2v) is 7.98. The van der Waals surface area contributed by atoms with Gasteiger partial charge in [0, 0.05) is 6.54 Å². The molecule has 0 amide bonds. The predicted molar refractivity (Wildman–Crippen MR) is 77.2 cm³/mol. The summed E-state index contributed by atoms with van der Waals surface area (Å²) >= 11 is 0. The van der Waals surface area contributed by atoms with E-state index in [1.54, 1.807) is 0 Å². The summed E-state index contributed by atoms with van der Waals surface area (Å²) in [7, 11) is 0. The van der Waals surface area contributed by atoms with Gasteiger partial charge >= 0.3 is 0 Å². The molecule has 0 saturated heterocycles. The topological polar surface area (TPSA) is 12.0 Å². The van der Waals surface area contributed by atoms with Crippen molar-refractivity contribution in [3.8, 4) is 0 Å². The summed E-state index contributed by atoms with van der Waals surface area (Å²) in [5, 5.41) is 3.65. The minimum absolute atomic E-state index is 0.507. The average Bonchev–Trinajstić information content (AvgIpc) is 2.15. The molecule has 0 bridgehead atoms. The Bertz CT molecular complexity index is 216. The van der Waals surface area contributed by atoms with E-state index in [1.807, 2.05) is 0 Å². The van der Waals surface area contributed by atoms with Crippen LogP contribution in [0, 0.1) is 22.7 Å². The fraction of sp³-hybridized carbons (Fsp3) is 1.00. The van der Waals surface area contributed by atoms with Crippen LogP contribution in [0.4, 0.5) is 0 Å². The molecule has 1 N–H and O–H groups in total. The predicted octanol–water partition coefficient (Wildman–Crippen LogP) is 4.47. The van der Waals surface area contributed by atoms with E-state index in [0.29, 0.717) is 10.8 Å². The Balaban J connectivity index is 2.34. The molecule has 0 aromatic rings. The fourth-order valence-corrected chi connectivity index (χ4v) is 3.02. The van der Waals surface area contributed by atoms with Crippen LogP contribution in [0.2, 0.25) is 0 Å². The first kappa shape index (κ1) is 15.0. The van der Waals surface area contributed by atoms with Crippen molar-refractivity contribution in [3.05, 3.63) is 0 Å². The van der Waals surface area contributed by atoms with Crippen LogP contribution in [0.3, 0.4) is 0 Å². The van der Waals surface area contributed by atoms with Crippen LogP contribution in [-0.4, -0.2) is 13.1 Å². The summed E-state index contributed by atoms with van der Waals surface area (Å²) in [4.78, 5) is 0. The molecule has 1 nitrogen and oxygen atoms in total. The molecule has 1 aliphatic rings. The third-order valence-electron chi connectivity index (χ3n) is 4.52. The van der Waals surface area contributed by atoms with Gasteiger partial charge < -0.3 is 5.32 Å². The maximum atomic E-state index is 3.65. The first-order valence-corrected chi connectivity index (χ1v) is 7.44. The van der Waals surface area contributed by atoms with Gasteiger partial charge in [-0.25, -0.2) is 0 Å². The standard InChI is InChI=1S/C16H33N/c1-13(2)11-17-12-16(6)9-7-14(8-10-16)15(3,4)5/h13-14,17H,7-12H2,1-6H3. The van der Waals surface area contributed by atoms with Gasteiger partial charge in [0.2, 0.25) is 0 Å². The summed E-state index contributed by atoms with van der Waals surface area (Å²) in [6.45, 7) is 16.6. The molecule has 0 spiro atoms. The van der Waals surface area contributed by atoms with Gasteiger partial charge in [-0.05, 0) is 54.9 Å². The Hall–Kier alpha value is -0.0400. The Labute approximate surface area is 109 Å². The highest BCUT2D eigenvalue weighted by Crippen LogP contribution is 2.44. The van der Waals surface area contributed by atoms with Crippen LogP contribution in [0.5, 0.6) is 0 Å². The lowest BCUT2D eigenvalue weighted by Gasteiger charge is -2.42. The Morgan fingerprint density at radius 1 is 1.18 bits per heavy atom. The van der Waals surface area contributed by atoms with Gasteiger partial charge in [-0.1, -0.05) is 41.5 Å². The molecule has 0 heterocycles. The maximum Gasteiger partial charge on any atom is 0.000527 e. The summed E-state index contributed by atoms with van der Waals surface area (Å²) < 4.78 is 0. The van der Waals surface area contributed by atoms with E-state index in [2.05, 4.69) is 46.9 Å². The molecule has 0 radical (unpaired) electrons. The smallest absolute Gasteiger partial charge is 0.000527 e. The molecule has 17 heavy (non-hydrogen) atoms. The van der Waals surface area contributed by atoms with E-state index in [9.17, 15) is 0 Å². The third kappa shape index (κ3) is 4.99. The van der Waals surface area contributed by atoms with E-state index in [4.69, 9.17) is 0 Å². The van der Waals surface area contributed by atoms with Crippen molar-refractivity contribution in [2.45, 2.75) is 67.2 Å². The van der Waals surface area contributed by atoms with Gasteiger partial charge in [0.25, 0.3) is 0 Å². The van der Waals surface area contributed by atoms with Crippen molar-refractivity contribution < 1.29 is 0 Å². The van der Waals surface area contributed by atoms with Crippen LogP contribution in [-0.2, 0) is 0 Å². The van der Waals surface area contributed by atoms with Crippen LogP contribution in [0.15, 0.2) is 0 Å². The molecule has 1 aliphatic carbocycles. The number of rotatable bonds is 4. The van der Waals surface area contributed by atoms with E-state index in [0.717, 1.165) is 18.4 Å². The third-order valence-corrected chi connectivity index (χ3v) is 4.52. The lowest BCUT2D eigenvalue weighted by atomic mass is 9.65. The molecule has 0 aromatic heterocycles. The highest BCUT2D eigenvalue weighted by atomic mass is 14.9. The number of hydrogen-bond acceptors (Lipinski definition) is 1. The molecular weight excluding hydrogens is 206 g/mol. The lowest BCUT2D eigenvalue weighted by Crippen LogP contribution is -2.38. The van der Waals surface area contributed by atoms with E-state index < -0.39 is 0 Å². The van der Waals surface area contributed by atoms with Crippen LogP contribution in [0.25, 0.3) is 0 Å². The van der Waals surface area contributed by atoms with Gasteiger partial charge in [0.05, 0.1) is 0 Å². The Morgan fingerprint density at radius 2 is 1.71 bits per heavy atom. The van der Waals surface area contributed by atoms with Crippen molar-refractivity contribution in [2.24, 2.45) is 22.7 Å². The second kappa shape index (κ2) is 5.73.